The van der Waals surface area contributed by atoms with Gasteiger partial charge in [-0.05, 0) is 57.6 Å². The van der Waals surface area contributed by atoms with Crippen LogP contribution in [0.15, 0.2) is 30.9 Å². The number of amides is 1. The molecular weight excluding hydrogens is 408 g/mol. The molecule has 0 spiro atoms. The molecule has 168 valence electrons. The number of piperidine rings is 1. The van der Waals surface area contributed by atoms with Crippen LogP contribution in [0, 0.1) is 6.92 Å². The molecule has 5 rings (SSSR count). The van der Waals surface area contributed by atoms with Crippen LogP contribution in [0.5, 0.6) is 11.6 Å². The normalized spacial score (nSPS) is 18.1. The van der Waals surface area contributed by atoms with E-state index in [0.29, 0.717) is 24.7 Å². The maximum atomic E-state index is 12.6. The van der Waals surface area contributed by atoms with E-state index in [2.05, 4.69) is 20.1 Å². The third-order valence-electron chi connectivity index (χ3n) is 6.41. The Kier molecular flexibility index (Phi) is 5.87. The summed E-state index contributed by atoms with van der Waals surface area (Å²) in [6, 6.07) is 3.86. The van der Waals surface area contributed by atoms with Crippen molar-refractivity contribution in [2.75, 3.05) is 13.1 Å². The van der Waals surface area contributed by atoms with E-state index in [1.807, 2.05) is 28.6 Å². The molecule has 3 aromatic rings. The maximum absolute atomic E-state index is 12.6. The zero-order chi connectivity index (χ0) is 21.9. The number of aryl methyl sites for hydroxylation is 1. The standard InChI is InChI=1S/C23H28N6O3/c1-16-20(8-5-11-24-16)32-22-19-14-27-29(21(19)25-15-26-22)17-9-12-28(13-10-17)23(30)31-18-6-3-2-4-7-18/h5,8,11,14-15,17-18H,2-4,6-7,9-10,12-13H2,1H3. The molecule has 1 saturated carbocycles. The van der Waals surface area contributed by atoms with Crippen molar-refractivity contribution in [3.05, 3.63) is 36.5 Å². The van der Waals surface area contributed by atoms with Gasteiger partial charge in [0.15, 0.2) is 11.4 Å². The van der Waals surface area contributed by atoms with E-state index in [0.717, 1.165) is 55.3 Å². The molecule has 1 saturated heterocycles. The molecule has 2 fully saturated rings. The van der Waals surface area contributed by atoms with Gasteiger partial charge in [-0.3, -0.25) is 4.98 Å². The smallest absolute Gasteiger partial charge is 0.410 e. The highest BCUT2D eigenvalue weighted by Gasteiger charge is 2.28. The highest BCUT2D eigenvalue weighted by Crippen LogP contribution is 2.31. The van der Waals surface area contributed by atoms with Gasteiger partial charge in [-0.1, -0.05) is 6.42 Å². The lowest BCUT2D eigenvalue weighted by Crippen LogP contribution is -2.41. The van der Waals surface area contributed by atoms with Gasteiger partial charge in [0.05, 0.1) is 17.9 Å². The summed E-state index contributed by atoms with van der Waals surface area (Å²) in [5, 5.41) is 5.35. The summed E-state index contributed by atoms with van der Waals surface area (Å²) in [6.45, 7) is 3.20. The van der Waals surface area contributed by atoms with Crippen LogP contribution in [0.4, 0.5) is 4.79 Å². The summed E-state index contributed by atoms with van der Waals surface area (Å²) in [7, 11) is 0. The molecule has 0 aromatic carbocycles. The Hall–Kier alpha value is -3.23. The third-order valence-corrected chi connectivity index (χ3v) is 6.41. The summed E-state index contributed by atoms with van der Waals surface area (Å²) in [5.74, 6) is 1.12. The van der Waals surface area contributed by atoms with Crippen LogP contribution in [0.1, 0.15) is 56.7 Å². The van der Waals surface area contributed by atoms with Gasteiger partial charge in [0.25, 0.3) is 0 Å². The molecule has 0 N–H and O–H groups in total. The molecular formula is C23H28N6O3. The number of aromatic nitrogens is 5. The van der Waals surface area contributed by atoms with Crippen LogP contribution in [0.3, 0.4) is 0 Å². The molecule has 4 heterocycles. The van der Waals surface area contributed by atoms with E-state index in [9.17, 15) is 4.79 Å². The Morgan fingerprint density at radius 1 is 1.06 bits per heavy atom. The Morgan fingerprint density at radius 2 is 1.88 bits per heavy atom. The number of ether oxygens (including phenoxy) is 2. The fraction of sp³-hybridized carbons (Fsp3) is 0.522. The molecule has 1 aliphatic heterocycles. The molecule has 0 atom stereocenters. The van der Waals surface area contributed by atoms with E-state index in [1.165, 1.54) is 12.7 Å². The lowest BCUT2D eigenvalue weighted by Gasteiger charge is -2.33. The van der Waals surface area contributed by atoms with E-state index in [1.54, 1.807) is 12.4 Å². The second-order valence-corrected chi connectivity index (χ2v) is 8.56. The third kappa shape index (κ3) is 4.24. The van der Waals surface area contributed by atoms with E-state index < -0.39 is 0 Å². The first kappa shape index (κ1) is 20.7. The molecule has 3 aromatic heterocycles. The lowest BCUT2D eigenvalue weighted by atomic mass is 9.98. The predicted molar refractivity (Wildman–Crippen MR) is 118 cm³/mol. The second kappa shape index (κ2) is 9.10. The van der Waals surface area contributed by atoms with Gasteiger partial charge < -0.3 is 14.4 Å². The second-order valence-electron chi connectivity index (χ2n) is 8.56. The summed E-state index contributed by atoms with van der Waals surface area (Å²) < 4.78 is 13.7. The Morgan fingerprint density at radius 3 is 2.66 bits per heavy atom. The average Bonchev–Trinajstić information content (AvgIpc) is 3.26. The minimum absolute atomic E-state index is 0.0857. The summed E-state index contributed by atoms with van der Waals surface area (Å²) >= 11 is 0. The highest BCUT2D eigenvalue weighted by molar-refractivity contribution is 5.80. The first-order valence-corrected chi connectivity index (χ1v) is 11.4. The quantitative estimate of drug-likeness (QED) is 0.597. The molecule has 0 radical (unpaired) electrons. The number of carbonyl (C=O) groups excluding carboxylic acids is 1. The van der Waals surface area contributed by atoms with Gasteiger partial charge in [0.2, 0.25) is 5.88 Å². The van der Waals surface area contributed by atoms with Crippen molar-refractivity contribution < 1.29 is 14.3 Å². The molecule has 1 aliphatic carbocycles. The molecule has 9 nitrogen and oxygen atoms in total. The van der Waals surface area contributed by atoms with Crippen LogP contribution >= 0.6 is 0 Å². The maximum Gasteiger partial charge on any atom is 0.410 e. The predicted octanol–water partition coefficient (Wildman–Crippen LogP) is 4.43. The Bertz CT molecular complexity index is 1090. The van der Waals surface area contributed by atoms with Crippen LogP contribution in [-0.2, 0) is 4.74 Å². The monoisotopic (exact) mass is 436 g/mol. The zero-order valence-electron chi connectivity index (χ0n) is 18.3. The van der Waals surface area contributed by atoms with Crippen molar-refractivity contribution in [2.24, 2.45) is 0 Å². The zero-order valence-corrected chi connectivity index (χ0v) is 18.3. The minimum Gasteiger partial charge on any atom is -0.446 e. The highest BCUT2D eigenvalue weighted by atomic mass is 16.6. The van der Waals surface area contributed by atoms with E-state index >= 15 is 0 Å². The van der Waals surface area contributed by atoms with Gasteiger partial charge >= 0.3 is 6.09 Å². The summed E-state index contributed by atoms with van der Waals surface area (Å²) in [6.07, 6.45) is 12.0. The van der Waals surface area contributed by atoms with Gasteiger partial charge in [-0.25, -0.2) is 19.4 Å². The van der Waals surface area contributed by atoms with Gasteiger partial charge in [0, 0.05) is 19.3 Å². The number of carbonyl (C=O) groups is 1. The van der Waals surface area contributed by atoms with Crippen molar-refractivity contribution in [2.45, 2.75) is 64.0 Å². The minimum atomic E-state index is -0.175. The first-order valence-electron chi connectivity index (χ1n) is 11.4. The molecule has 9 heteroatoms. The van der Waals surface area contributed by atoms with Crippen molar-refractivity contribution in [3.8, 4) is 11.6 Å². The van der Waals surface area contributed by atoms with Crippen LogP contribution in [0.25, 0.3) is 11.0 Å². The van der Waals surface area contributed by atoms with Gasteiger partial charge in [0.1, 0.15) is 17.8 Å². The molecule has 0 unspecified atom stereocenters. The molecule has 32 heavy (non-hydrogen) atoms. The van der Waals surface area contributed by atoms with Crippen molar-refractivity contribution in [1.29, 1.82) is 0 Å². The largest absolute Gasteiger partial charge is 0.446 e. The first-order chi connectivity index (χ1) is 15.7. The van der Waals surface area contributed by atoms with Crippen molar-refractivity contribution in [1.82, 2.24) is 29.6 Å². The van der Waals surface area contributed by atoms with Crippen molar-refractivity contribution >= 4 is 17.1 Å². The Labute approximate surface area is 186 Å². The van der Waals surface area contributed by atoms with Crippen LogP contribution < -0.4 is 4.74 Å². The summed E-state index contributed by atoms with van der Waals surface area (Å²) in [5.41, 5.74) is 1.53. The SMILES string of the molecule is Cc1ncccc1Oc1ncnc2c1cnn2C1CCN(C(=O)OC2CCCCC2)CC1. The number of hydrogen-bond acceptors (Lipinski definition) is 7. The fourth-order valence-corrected chi connectivity index (χ4v) is 4.56. The number of pyridine rings is 1. The van der Waals surface area contributed by atoms with Crippen molar-refractivity contribution in [3.63, 3.8) is 0 Å². The number of likely N-dealkylation sites (tertiary alicyclic amines) is 1. The number of rotatable bonds is 4. The summed E-state index contributed by atoms with van der Waals surface area (Å²) in [4.78, 5) is 27.4. The number of fused-ring (bicyclic) bond motifs is 1. The van der Waals surface area contributed by atoms with E-state index in [4.69, 9.17) is 9.47 Å². The van der Waals surface area contributed by atoms with Gasteiger partial charge in [-0.2, -0.15) is 5.10 Å². The van der Waals surface area contributed by atoms with Crippen LogP contribution in [0.2, 0.25) is 0 Å². The molecule has 2 aliphatic rings. The molecule has 0 bridgehead atoms. The average molecular weight is 437 g/mol. The van der Waals surface area contributed by atoms with E-state index in [-0.39, 0.29) is 18.2 Å². The Balaban J connectivity index is 1.26. The molecule has 1 amide bonds. The number of nitrogens with zero attached hydrogens (tertiary/aromatic N) is 6. The topological polar surface area (TPSA) is 95.3 Å². The fourth-order valence-electron chi connectivity index (χ4n) is 4.56. The number of hydrogen-bond donors (Lipinski definition) is 0. The van der Waals surface area contributed by atoms with Gasteiger partial charge in [-0.15, -0.1) is 0 Å². The van der Waals surface area contributed by atoms with Crippen LogP contribution in [-0.4, -0.2) is 54.9 Å². The lowest BCUT2D eigenvalue weighted by molar-refractivity contribution is 0.0381.